The van der Waals surface area contributed by atoms with Crippen LogP contribution in [0.15, 0.2) is 30.3 Å². The van der Waals surface area contributed by atoms with Gasteiger partial charge < -0.3 is 10.2 Å². The van der Waals surface area contributed by atoms with Crippen LogP contribution in [0.3, 0.4) is 0 Å². The largest absolute Gasteiger partial charge is 0.311 e. The van der Waals surface area contributed by atoms with E-state index >= 15 is 0 Å². The van der Waals surface area contributed by atoms with Crippen molar-refractivity contribution in [1.29, 1.82) is 0 Å². The summed E-state index contributed by atoms with van der Waals surface area (Å²) in [6, 6.07) is 11.0. The SMILES string of the molecule is CS(=O)(=O)CCCN1CCNC(Cc2ccccc2)C1. The van der Waals surface area contributed by atoms with E-state index in [2.05, 4.69) is 34.5 Å². The van der Waals surface area contributed by atoms with E-state index in [-0.39, 0.29) is 0 Å². The molecule has 0 aliphatic carbocycles. The van der Waals surface area contributed by atoms with Gasteiger partial charge in [-0.15, -0.1) is 0 Å². The van der Waals surface area contributed by atoms with Gasteiger partial charge in [-0.25, -0.2) is 8.42 Å². The average Bonchev–Trinajstić information content (AvgIpc) is 2.39. The standard InChI is InChI=1S/C15H24N2O2S/c1-20(18,19)11-5-9-17-10-8-16-15(13-17)12-14-6-3-2-4-7-14/h2-4,6-7,15-16H,5,8-13H2,1H3. The highest BCUT2D eigenvalue weighted by molar-refractivity contribution is 7.90. The lowest BCUT2D eigenvalue weighted by molar-refractivity contribution is 0.200. The molecule has 1 atom stereocenters. The zero-order valence-corrected chi connectivity index (χ0v) is 12.9. The number of sulfone groups is 1. The van der Waals surface area contributed by atoms with Crippen molar-refractivity contribution in [2.45, 2.75) is 18.9 Å². The fourth-order valence-corrected chi connectivity index (χ4v) is 3.34. The van der Waals surface area contributed by atoms with Gasteiger partial charge in [0.1, 0.15) is 9.84 Å². The summed E-state index contributed by atoms with van der Waals surface area (Å²) in [4.78, 5) is 2.37. The Labute approximate surface area is 122 Å². The second-order valence-corrected chi connectivity index (χ2v) is 7.88. The molecule has 1 fully saturated rings. The highest BCUT2D eigenvalue weighted by Gasteiger charge is 2.19. The molecule has 1 unspecified atom stereocenters. The summed E-state index contributed by atoms with van der Waals surface area (Å²) in [6.45, 7) is 3.87. The summed E-state index contributed by atoms with van der Waals surface area (Å²) in [5.74, 6) is 0.292. The van der Waals surface area contributed by atoms with Gasteiger partial charge in [0.25, 0.3) is 0 Å². The van der Waals surface area contributed by atoms with Crippen LogP contribution in [0.1, 0.15) is 12.0 Å². The number of nitrogens with one attached hydrogen (secondary N) is 1. The Bertz CT molecular complexity index is 502. The fraction of sp³-hybridized carbons (Fsp3) is 0.600. The maximum absolute atomic E-state index is 11.1. The van der Waals surface area contributed by atoms with Crippen molar-refractivity contribution < 1.29 is 8.42 Å². The number of piperazine rings is 1. The van der Waals surface area contributed by atoms with Crippen LogP contribution in [0.4, 0.5) is 0 Å². The Kier molecular flexibility index (Phi) is 5.57. The van der Waals surface area contributed by atoms with Crippen LogP contribution in [-0.2, 0) is 16.3 Å². The molecule has 0 bridgehead atoms. The predicted molar refractivity (Wildman–Crippen MR) is 82.7 cm³/mol. The van der Waals surface area contributed by atoms with Gasteiger partial charge in [0.15, 0.2) is 0 Å². The molecule has 4 nitrogen and oxygen atoms in total. The second-order valence-electron chi connectivity index (χ2n) is 5.62. The minimum atomic E-state index is -2.83. The minimum Gasteiger partial charge on any atom is -0.311 e. The molecule has 5 heteroatoms. The molecule has 0 radical (unpaired) electrons. The molecular weight excluding hydrogens is 272 g/mol. The Morgan fingerprint density at radius 2 is 2.05 bits per heavy atom. The maximum Gasteiger partial charge on any atom is 0.147 e. The first-order chi connectivity index (χ1) is 9.53. The van der Waals surface area contributed by atoms with Crippen molar-refractivity contribution in [3.8, 4) is 0 Å². The first-order valence-electron chi connectivity index (χ1n) is 7.20. The van der Waals surface area contributed by atoms with Crippen molar-refractivity contribution in [3.05, 3.63) is 35.9 Å². The summed E-state index contributed by atoms with van der Waals surface area (Å²) in [5.41, 5.74) is 1.35. The van der Waals surface area contributed by atoms with E-state index in [1.807, 2.05) is 6.07 Å². The number of nitrogens with zero attached hydrogens (tertiary/aromatic N) is 1. The smallest absolute Gasteiger partial charge is 0.147 e. The average molecular weight is 296 g/mol. The van der Waals surface area contributed by atoms with Crippen LogP contribution in [0.2, 0.25) is 0 Å². The third kappa shape index (κ3) is 5.61. The van der Waals surface area contributed by atoms with Gasteiger partial charge >= 0.3 is 0 Å². The number of hydrogen-bond acceptors (Lipinski definition) is 4. The van der Waals surface area contributed by atoms with Crippen molar-refractivity contribution >= 4 is 9.84 Å². The van der Waals surface area contributed by atoms with E-state index in [0.29, 0.717) is 11.8 Å². The topological polar surface area (TPSA) is 49.4 Å². The Balaban J connectivity index is 1.77. The van der Waals surface area contributed by atoms with Crippen LogP contribution in [0, 0.1) is 0 Å². The molecule has 0 aromatic heterocycles. The molecule has 0 spiro atoms. The van der Waals surface area contributed by atoms with E-state index < -0.39 is 9.84 Å². The lowest BCUT2D eigenvalue weighted by Crippen LogP contribution is -2.51. The van der Waals surface area contributed by atoms with Crippen molar-refractivity contribution in [2.75, 3.05) is 38.2 Å². The summed E-state index contributed by atoms with van der Waals surface area (Å²) >= 11 is 0. The van der Waals surface area contributed by atoms with E-state index in [4.69, 9.17) is 0 Å². The third-order valence-corrected chi connectivity index (χ3v) is 4.68. The van der Waals surface area contributed by atoms with Crippen LogP contribution in [0.5, 0.6) is 0 Å². The zero-order chi connectivity index (χ0) is 14.4. The molecule has 1 N–H and O–H groups in total. The van der Waals surface area contributed by atoms with Gasteiger partial charge in [-0.2, -0.15) is 0 Å². The molecule has 1 heterocycles. The van der Waals surface area contributed by atoms with E-state index in [1.165, 1.54) is 11.8 Å². The Hall–Kier alpha value is -0.910. The quantitative estimate of drug-likeness (QED) is 0.849. The van der Waals surface area contributed by atoms with E-state index in [0.717, 1.165) is 39.0 Å². The van der Waals surface area contributed by atoms with Crippen LogP contribution >= 0.6 is 0 Å². The molecule has 0 amide bonds. The normalized spacial score (nSPS) is 20.9. The van der Waals surface area contributed by atoms with Gasteiger partial charge in [0.05, 0.1) is 5.75 Å². The van der Waals surface area contributed by atoms with Crippen molar-refractivity contribution in [3.63, 3.8) is 0 Å². The molecule has 1 aliphatic heterocycles. The molecule has 112 valence electrons. The predicted octanol–water partition coefficient (Wildman–Crippen LogP) is 0.938. The summed E-state index contributed by atoms with van der Waals surface area (Å²) in [7, 11) is -2.83. The lowest BCUT2D eigenvalue weighted by Gasteiger charge is -2.33. The van der Waals surface area contributed by atoms with Crippen LogP contribution < -0.4 is 5.32 Å². The zero-order valence-electron chi connectivity index (χ0n) is 12.1. The minimum absolute atomic E-state index is 0.292. The van der Waals surface area contributed by atoms with Gasteiger partial charge in [-0.1, -0.05) is 30.3 Å². The van der Waals surface area contributed by atoms with Crippen LogP contribution in [-0.4, -0.2) is 57.5 Å². The van der Waals surface area contributed by atoms with Gasteiger partial charge in [-0.05, 0) is 24.9 Å². The maximum atomic E-state index is 11.1. The molecular formula is C15H24N2O2S. The number of benzene rings is 1. The molecule has 2 rings (SSSR count). The first kappa shape index (κ1) is 15.5. The lowest BCUT2D eigenvalue weighted by atomic mass is 10.0. The molecule has 20 heavy (non-hydrogen) atoms. The second kappa shape index (κ2) is 7.20. The molecule has 1 aliphatic rings. The molecule has 0 saturated carbocycles. The van der Waals surface area contributed by atoms with Crippen molar-refractivity contribution in [1.82, 2.24) is 10.2 Å². The number of hydrogen-bond donors (Lipinski definition) is 1. The van der Waals surface area contributed by atoms with E-state index in [9.17, 15) is 8.42 Å². The Morgan fingerprint density at radius 1 is 1.30 bits per heavy atom. The first-order valence-corrected chi connectivity index (χ1v) is 9.26. The molecule has 1 aromatic carbocycles. The number of rotatable bonds is 6. The molecule has 1 saturated heterocycles. The van der Waals surface area contributed by atoms with Gasteiger partial charge in [0.2, 0.25) is 0 Å². The van der Waals surface area contributed by atoms with Crippen LogP contribution in [0.25, 0.3) is 0 Å². The van der Waals surface area contributed by atoms with Gasteiger partial charge in [-0.3, -0.25) is 0 Å². The summed E-state index contributed by atoms with van der Waals surface area (Å²) in [6.07, 6.45) is 3.07. The highest BCUT2D eigenvalue weighted by Crippen LogP contribution is 2.08. The fourth-order valence-electron chi connectivity index (χ4n) is 2.68. The summed E-state index contributed by atoms with van der Waals surface area (Å²) in [5, 5.41) is 3.54. The van der Waals surface area contributed by atoms with Gasteiger partial charge in [0, 0.05) is 31.9 Å². The van der Waals surface area contributed by atoms with Crippen molar-refractivity contribution in [2.24, 2.45) is 0 Å². The Morgan fingerprint density at radius 3 is 2.75 bits per heavy atom. The molecule has 1 aromatic rings. The third-order valence-electron chi connectivity index (χ3n) is 3.65. The summed E-state index contributed by atoms with van der Waals surface area (Å²) < 4.78 is 22.3. The highest BCUT2D eigenvalue weighted by atomic mass is 32.2. The van der Waals surface area contributed by atoms with E-state index in [1.54, 1.807) is 0 Å². The monoisotopic (exact) mass is 296 g/mol.